The first-order valence-electron chi connectivity index (χ1n) is 8.19. The van der Waals surface area contributed by atoms with E-state index in [4.69, 9.17) is 21.8 Å². The molecule has 0 bridgehead atoms. The Bertz CT molecular complexity index is 906. The van der Waals surface area contributed by atoms with Gasteiger partial charge in [0.2, 0.25) is 0 Å². The summed E-state index contributed by atoms with van der Waals surface area (Å²) in [5.41, 5.74) is 8.34. The number of rotatable bonds is 6. The van der Waals surface area contributed by atoms with Crippen molar-refractivity contribution in [1.82, 2.24) is 15.3 Å². The first-order valence-corrected chi connectivity index (χ1v) is 8.57. The average molecular weight is 371 g/mol. The molecule has 6 nitrogen and oxygen atoms in total. The molecule has 1 amide bonds. The number of hydrogen-bond acceptors (Lipinski definition) is 5. The zero-order valence-electron chi connectivity index (χ0n) is 14.3. The van der Waals surface area contributed by atoms with Gasteiger partial charge in [-0.1, -0.05) is 11.6 Å². The van der Waals surface area contributed by atoms with E-state index >= 15 is 0 Å². The number of carbonyl (C=O) groups excluding carboxylic acids is 1. The number of benzene rings is 1. The number of nitrogens with two attached hydrogens (primary N) is 1. The smallest absolute Gasteiger partial charge is 0.251 e. The highest BCUT2D eigenvalue weighted by molar-refractivity contribution is 6.30. The third kappa shape index (κ3) is 4.61. The van der Waals surface area contributed by atoms with E-state index in [-0.39, 0.29) is 5.91 Å². The molecule has 0 aliphatic rings. The molecule has 2 heterocycles. The lowest BCUT2D eigenvalue weighted by Crippen LogP contribution is -2.25. The van der Waals surface area contributed by atoms with Gasteiger partial charge in [-0.2, -0.15) is 0 Å². The molecule has 3 aromatic rings. The topological polar surface area (TPSA) is 94.0 Å². The van der Waals surface area contributed by atoms with E-state index in [9.17, 15) is 4.79 Å². The van der Waals surface area contributed by atoms with Gasteiger partial charge in [-0.05, 0) is 42.8 Å². The maximum Gasteiger partial charge on any atom is 0.251 e. The van der Waals surface area contributed by atoms with Crippen LogP contribution in [0, 0.1) is 6.92 Å². The summed E-state index contributed by atoms with van der Waals surface area (Å²) in [6, 6.07) is 8.71. The molecular formula is C19H19ClN4O2. The third-order valence-electron chi connectivity index (χ3n) is 3.88. The molecule has 2 aromatic heterocycles. The van der Waals surface area contributed by atoms with Crippen molar-refractivity contribution in [2.24, 2.45) is 0 Å². The first kappa shape index (κ1) is 17.9. The van der Waals surface area contributed by atoms with Gasteiger partial charge < -0.3 is 15.5 Å². The summed E-state index contributed by atoms with van der Waals surface area (Å²) in [6.45, 7) is 2.28. The maximum atomic E-state index is 12.0. The molecule has 3 N–H and O–H groups in total. The van der Waals surface area contributed by atoms with Crippen molar-refractivity contribution < 1.29 is 9.21 Å². The molecule has 26 heavy (non-hydrogen) atoms. The third-order valence-corrected chi connectivity index (χ3v) is 4.14. The second-order valence-electron chi connectivity index (χ2n) is 5.94. The number of aromatic nitrogens is 2. The zero-order valence-corrected chi connectivity index (χ0v) is 15.1. The summed E-state index contributed by atoms with van der Waals surface area (Å²) >= 11 is 5.82. The van der Waals surface area contributed by atoms with Crippen LogP contribution in [0.5, 0.6) is 0 Å². The van der Waals surface area contributed by atoms with Crippen LogP contribution in [0.15, 0.2) is 47.2 Å². The number of carbonyl (C=O) groups is 1. The lowest BCUT2D eigenvalue weighted by atomic mass is 10.1. The second-order valence-corrected chi connectivity index (χ2v) is 6.37. The highest BCUT2D eigenvalue weighted by Crippen LogP contribution is 2.16. The van der Waals surface area contributed by atoms with Crippen LogP contribution in [0.4, 0.5) is 5.82 Å². The van der Waals surface area contributed by atoms with Crippen molar-refractivity contribution in [1.29, 1.82) is 0 Å². The van der Waals surface area contributed by atoms with Gasteiger partial charge in [0.1, 0.15) is 17.4 Å². The molecule has 0 atom stereocenters. The number of aryl methyl sites for hydroxylation is 1. The van der Waals surface area contributed by atoms with E-state index in [1.54, 1.807) is 43.6 Å². The Balaban J connectivity index is 1.52. The van der Waals surface area contributed by atoms with Crippen molar-refractivity contribution in [2.75, 3.05) is 12.3 Å². The SMILES string of the molecule is Cc1ncc(Cc2coc(CCNC(=O)c3ccc(Cl)cc3)c2)c(N)n1. The summed E-state index contributed by atoms with van der Waals surface area (Å²) < 4.78 is 5.55. The quantitative estimate of drug-likeness (QED) is 0.695. The van der Waals surface area contributed by atoms with Gasteiger partial charge in [-0.3, -0.25) is 4.79 Å². The highest BCUT2D eigenvalue weighted by Gasteiger charge is 2.09. The number of anilines is 1. The van der Waals surface area contributed by atoms with E-state index in [1.165, 1.54) is 0 Å². The van der Waals surface area contributed by atoms with Crippen molar-refractivity contribution in [3.63, 3.8) is 0 Å². The molecule has 134 valence electrons. The van der Waals surface area contributed by atoms with Crippen LogP contribution in [-0.2, 0) is 12.8 Å². The van der Waals surface area contributed by atoms with Gasteiger partial charge in [0, 0.05) is 41.7 Å². The minimum Gasteiger partial charge on any atom is -0.469 e. The minimum absolute atomic E-state index is 0.141. The lowest BCUT2D eigenvalue weighted by Gasteiger charge is -2.04. The maximum absolute atomic E-state index is 12.0. The van der Waals surface area contributed by atoms with Gasteiger partial charge >= 0.3 is 0 Å². The Morgan fingerprint density at radius 3 is 2.81 bits per heavy atom. The summed E-state index contributed by atoms with van der Waals surface area (Å²) in [4.78, 5) is 20.4. The van der Waals surface area contributed by atoms with Crippen LogP contribution in [0.3, 0.4) is 0 Å². The Hall–Kier alpha value is -2.86. The van der Waals surface area contributed by atoms with Gasteiger partial charge in [0.15, 0.2) is 0 Å². The second kappa shape index (κ2) is 8.01. The predicted octanol–water partition coefficient (Wildman–Crippen LogP) is 3.18. The minimum atomic E-state index is -0.141. The highest BCUT2D eigenvalue weighted by atomic mass is 35.5. The van der Waals surface area contributed by atoms with Crippen LogP contribution in [-0.4, -0.2) is 22.4 Å². The Morgan fingerprint density at radius 2 is 2.08 bits per heavy atom. The predicted molar refractivity (Wildman–Crippen MR) is 100 cm³/mol. The molecule has 0 aliphatic heterocycles. The van der Waals surface area contributed by atoms with E-state index in [0.29, 0.717) is 41.6 Å². The number of nitrogens with one attached hydrogen (secondary N) is 1. The average Bonchev–Trinajstić information content (AvgIpc) is 3.05. The van der Waals surface area contributed by atoms with E-state index in [2.05, 4.69) is 15.3 Å². The molecular weight excluding hydrogens is 352 g/mol. The number of amides is 1. The number of nitrogens with zero attached hydrogens (tertiary/aromatic N) is 2. The number of nitrogen functional groups attached to an aromatic ring is 1. The fraction of sp³-hybridized carbons (Fsp3) is 0.211. The standard InChI is InChI=1S/C19H19ClN4O2/c1-12-23-10-15(18(21)24-12)8-13-9-17(26-11-13)6-7-22-19(25)14-2-4-16(20)5-3-14/h2-5,9-11H,6-8H2,1H3,(H,22,25)(H2,21,23,24). The lowest BCUT2D eigenvalue weighted by molar-refractivity contribution is 0.0953. The van der Waals surface area contributed by atoms with E-state index in [1.807, 2.05) is 6.07 Å². The summed E-state index contributed by atoms with van der Waals surface area (Å²) in [5, 5.41) is 3.46. The molecule has 0 radical (unpaired) electrons. The molecule has 0 saturated heterocycles. The van der Waals surface area contributed by atoms with Crippen LogP contribution >= 0.6 is 11.6 Å². The van der Waals surface area contributed by atoms with Gasteiger partial charge in [-0.25, -0.2) is 9.97 Å². The normalized spacial score (nSPS) is 10.7. The van der Waals surface area contributed by atoms with Crippen LogP contribution < -0.4 is 11.1 Å². The van der Waals surface area contributed by atoms with Crippen molar-refractivity contribution in [2.45, 2.75) is 19.8 Å². The molecule has 1 aromatic carbocycles. The van der Waals surface area contributed by atoms with Crippen LogP contribution in [0.25, 0.3) is 0 Å². The van der Waals surface area contributed by atoms with Crippen molar-refractivity contribution in [3.8, 4) is 0 Å². The Labute approximate surface area is 156 Å². The molecule has 3 rings (SSSR count). The van der Waals surface area contributed by atoms with Crippen LogP contribution in [0.1, 0.15) is 33.1 Å². The molecule has 0 fully saturated rings. The zero-order chi connectivity index (χ0) is 18.5. The molecule has 0 aliphatic carbocycles. The monoisotopic (exact) mass is 370 g/mol. The molecule has 0 spiro atoms. The summed E-state index contributed by atoms with van der Waals surface area (Å²) in [5.74, 6) is 1.78. The van der Waals surface area contributed by atoms with E-state index < -0.39 is 0 Å². The van der Waals surface area contributed by atoms with Crippen LogP contribution in [0.2, 0.25) is 5.02 Å². The first-order chi connectivity index (χ1) is 12.5. The van der Waals surface area contributed by atoms with E-state index in [0.717, 1.165) is 16.9 Å². The van der Waals surface area contributed by atoms with Crippen molar-refractivity contribution >= 4 is 23.3 Å². The Morgan fingerprint density at radius 1 is 1.31 bits per heavy atom. The van der Waals surface area contributed by atoms with Gasteiger partial charge in [0.05, 0.1) is 6.26 Å². The summed E-state index contributed by atoms with van der Waals surface area (Å²) in [6.07, 6.45) is 4.62. The molecule has 0 unspecified atom stereocenters. The molecule has 0 saturated carbocycles. The fourth-order valence-electron chi connectivity index (χ4n) is 2.52. The fourth-order valence-corrected chi connectivity index (χ4v) is 2.65. The number of furan rings is 1. The van der Waals surface area contributed by atoms with Gasteiger partial charge in [-0.15, -0.1) is 0 Å². The molecule has 7 heteroatoms. The largest absolute Gasteiger partial charge is 0.469 e. The summed E-state index contributed by atoms with van der Waals surface area (Å²) in [7, 11) is 0. The van der Waals surface area contributed by atoms with Crippen molar-refractivity contribution in [3.05, 3.63) is 76.1 Å². The number of hydrogen-bond donors (Lipinski definition) is 2. The van der Waals surface area contributed by atoms with Gasteiger partial charge in [0.25, 0.3) is 5.91 Å². The number of halogens is 1. The Kier molecular flexibility index (Phi) is 5.53.